The number of methoxy groups -OCH3 is 2. The van der Waals surface area contributed by atoms with Crippen LogP contribution in [-0.2, 0) is 0 Å². The van der Waals surface area contributed by atoms with Gasteiger partial charge in [0.25, 0.3) is 0 Å². The van der Waals surface area contributed by atoms with Crippen LogP contribution in [0.3, 0.4) is 0 Å². The first-order valence-electron chi connectivity index (χ1n) is 9.53. The van der Waals surface area contributed by atoms with Crippen molar-refractivity contribution in [1.29, 1.82) is 0 Å². The van der Waals surface area contributed by atoms with Crippen molar-refractivity contribution in [3.8, 4) is 17.2 Å². The van der Waals surface area contributed by atoms with Gasteiger partial charge in [-0.2, -0.15) is 0 Å². The van der Waals surface area contributed by atoms with Crippen LogP contribution in [-0.4, -0.2) is 48.9 Å². The lowest BCUT2D eigenvalue weighted by molar-refractivity contribution is 0.222. The molecule has 152 valence electrons. The lowest BCUT2D eigenvalue weighted by Gasteiger charge is -2.33. The summed E-state index contributed by atoms with van der Waals surface area (Å²) >= 11 is 6.12. The second kappa shape index (κ2) is 8.69. The van der Waals surface area contributed by atoms with Gasteiger partial charge < -0.3 is 19.1 Å². The fourth-order valence-electron chi connectivity index (χ4n) is 3.62. The summed E-state index contributed by atoms with van der Waals surface area (Å²) in [6, 6.07) is 5.63. The predicted octanol–water partition coefficient (Wildman–Crippen LogP) is 3.99. The minimum Gasteiger partial charge on any atom is -0.493 e. The number of hydrogen-bond acceptors (Lipinski definition) is 7. The number of nitrogens with zero attached hydrogens (tertiary/aromatic N) is 4. The van der Waals surface area contributed by atoms with Gasteiger partial charge in [0, 0.05) is 43.0 Å². The van der Waals surface area contributed by atoms with Gasteiger partial charge in [-0.3, -0.25) is 4.98 Å². The van der Waals surface area contributed by atoms with E-state index in [9.17, 15) is 0 Å². The maximum atomic E-state index is 6.12. The molecule has 1 saturated heterocycles. The Morgan fingerprint density at radius 1 is 1.07 bits per heavy atom. The van der Waals surface area contributed by atoms with E-state index in [-0.39, 0.29) is 0 Å². The third-order valence-corrected chi connectivity index (χ3v) is 5.53. The molecule has 2 aromatic heterocycles. The lowest BCUT2D eigenvalue weighted by Crippen LogP contribution is -2.36. The molecule has 1 fully saturated rings. The van der Waals surface area contributed by atoms with Crippen LogP contribution in [0.4, 0.5) is 5.82 Å². The highest BCUT2D eigenvalue weighted by Crippen LogP contribution is 2.35. The minimum absolute atomic E-state index is 0.471. The third-order valence-electron chi connectivity index (χ3n) is 5.24. The van der Waals surface area contributed by atoms with Gasteiger partial charge in [0.2, 0.25) is 0 Å². The van der Waals surface area contributed by atoms with Crippen molar-refractivity contribution in [2.75, 3.05) is 38.8 Å². The Morgan fingerprint density at radius 3 is 2.55 bits per heavy atom. The van der Waals surface area contributed by atoms with E-state index in [0.29, 0.717) is 34.8 Å². The van der Waals surface area contributed by atoms with Gasteiger partial charge >= 0.3 is 0 Å². The number of anilines is 1. The number of ether oxygens (including phenoxy) is 3. The largest absolute Gasteiger partial charge is 0.493 e. The van der Waals surface area contributed by atoms with Gasteiger partial charge in [0.15, 0.2) is 11.5 Å². The summed E-state index contributed by atoms with van der Waals surface area (Å²) in [4.78, 5) is 15.2. The fourth-order valence-corrected chi connectivity index (χ4v) is 3.79. The molecule has 0 bridgehead atoms. The number of aromatic nitrogens is 3. The molecule has 1 aromatic carbocycles. The zero-order chi connectivity index (χ0) is 20.2. The number of fused-ring (bicyclic) bond motifs is 1. The highest BCUT2D eigenvalue weighted by molar-refractivity contribution is 6.31. The summed E-state index contributed by atoms with van der Waals surface area (Å²) < 4.78 is 16.7. The van der Waals surface area contributed by atoms with E-state index in [1.807, 2.05) is 12.1 Å². The molecule has 3 aromatic rings. The van der Waals surface area contributed by atoms with E-state index in [4.69, 9.17) is 25.8 Å². The molecular formula is C21H23ClN4O3. The van der Waals surface area contributed by atoms with Crippen molar-refractivity contribution in [3.63, 3.8) is 0 Å². The maximum Gasteiger partial charge on any atom is 0.162 e. The van der Waals surface area contributed by atoms with E-state index < -0.39 is 0 Å². The Kier molecular flexibility index (Phi) is 5.85. The van der Waals surface area contributed by atoms with Crippen molar-refractivity contribution < 1.29 is 14.2 Å². The average molecular weight is 415 g/mol. The maximum absolute atomic E-state index is 6.12. The molecule has 1 aliphatic heterocycles. The monoisotopic (exact) mass is 414 g/mol. The van der Waals surface area contributed by atoms with Crippen LogP contribution in [0.25, 0.3) is 10.9 Å². The van der Waals surface area contributed by atoms with E-state index in [1.54, 1.807) is 39.0 Å². The smallest absolute Gasteiger partial charge is 0.162 e. The number of halogens is 1. The van der Waals surface area contributed by atoms with E-state index in [1.165, 1.54) is 0 Å². The Labute approximate surface area is 174 Å². The second-order valence-corrected chi connectivity index (χ2v) is 7.38. The molecule has 0 atom stereocenters. The molecule has 4 rings (SSSR count). The Morgan fingerprint density at radius 2 is 1.83 bits per heavy atom. The average Bonchev–Trinajstić information content (AvgIpc) is 2.77. The Balaban J connectivity index is 1.45. The molecule has 0 radical (unpaired) electrons. The SMILES string of the molecule is COc1cc2ncnc(N3CCC(COc4ccncc4Cl)CC3)c2cc1OC. The van der Waals surface area contributed by atoms with Gasteiger partial charge in [-0.05, 0) is 24.8 Å². The first-order valence-corrected chi connectivity index (χ1v) is 9.91. The van der Waals surface area contributed by atoms with Gasteiger partial charge in [-0.25, -0.2) is 9.97 Å². The van der Waals surface area contributed by atoms with E-state index in [0.717, 1.165) is 42.7 Å². The summed E-state index contributed by atoms with van der Waals surface area (Å²) in [5.41, 5.74) is 0.838. The van der Waals surface area contributed by atoms with Gasteiger partial charge in [0.05, 0.1) is 26.3 Å². The van der Waals surface area contributed by atoms with Crippen LogP contribution in [0.1, 0.15) is 12.8 Å². The first-order chi connectivity index (χ1) is 14.2. The molecule has 0 saturated carbocycles. The van der Waals surface area contributed by atoms with Gasteiger partial charge in [-0.15, -0.1) is 0 Å². The lowest BCUT2D eigenvalue weighted by atomic mass is 9.97. The summed E-state index contributed by atoms with van der Waals surface area (Å²) in [7, 11) is 3.26. The molecule has 3 heterocycles. The van der Waals surface area contributed by atoms with Crippen molar-refractivity contribution in [2.45, 2.75) is 12.8 Å². The summed E-state index contributed by atoms with van der Waals surface area (Å²) in [6.07, 6.45) is 6.92. The van der Waals surface area contributed by atoms with Gasteiger partial charge in [-0.1, -0.05) is 11.6 Å². The van der Waals surface area contributed by atoms with E-state index >= 15 is 0 Å². The highest BCUT2D eigenvalue weighted by atomic mass is 35.5. The summed E-state index contributed by atoms with van der Waals surface area (Å²) in [5, 5.41) is 1.50. The fraction of sp³-hybridized carbons (Fsp3) is 0.381. The molecule has 7 nitrogen and oxygen atoms in total. The van der Waals surface area contributed by atoms with Crippen LogP contribution < -0.4 is 19.1 Å². The number of piperidine rings is 1. The number of rotatable bonds is 6. The molecule has 0 aliphatic carbocycles. The molecule has 0 amide bonds. The molecule has 8 heteroatoms. The third kappa shape index (κ3) is 4.15. The first kappa shape index (κ1) is 19.5. The van der Waals surface area contributed by atoms with Crippen molar-refractivity contribution in [1.82, 2.24) is 15.0 Å². The van der Waals surface area contributed by atoms with Crippen LogP contribution in [0.15, 0.2) is 36.9 Å². The zero-order valence-electron chi connectivity index (χ0n) is 16.5. The van der Waals surface area contributed by atoms with Crippen molar-refractivity contribution in [3.05, 3.63) is 41.9 Å². The van der Waals surface area contributed by atoms with Crippen molar-refractivity contribution >= 4 is 28.3 Å². The molecule has 29 heavy (non-hydrogen) atoms. The molecule has 0 N–H and O–H groups in total. The molecule has 0 unspecified atom stereocenters. The van der Waals surface area contributed by atoms with E-state index in [2.05, 4.69) is 19.9 Å². The quantitative estimate of drug-likeness (QED) is 0.603. The normalized spacial score (nSPS) is 14.8. The summed E-state index contributed by atoms with van der Waals surface area (Å²) in [5.74, 6) is 3.42. The second-order valence-electron chi connectivity index (χ2n) is 6.97. The highest BCUT2D eigenvalue weighted by Gasteiger charge is 2.23. The Bertz CT molecular complexity index is 993. The Hall–Kier alpha value is -2.80. The van der Waals surface area contributed by atoms with Gasteiger partial charge in [0.1, 0.15) is 22.9 Å². The predicted molar refractivity (Wildman–Crippen MR) is 112 cm³/mol. The van der Waals surface area contributed by atoms with Crippen LogP contribution in [0.2, 0.25) is 5.02 Å². The topological polar surface area (TPSA) is 69.6 Å². The standard InChI is InChI=1S/C21H23ClN4O3/c1-27-19-9-15-17(10-20(19)28-2)24-13-25-21(15)26-7-4-14(5-8-26)12-29-18-3-6-23-11-16(18)22/h3,6,9-11,13-14H,4-5,7-8,12H2,1-2H3. The molecule has 0 spiro atoms. The molecular weight excluding hydrogens is 392 g/mol. The minimum atomic E-state index is 0.471. The van der Waals surface area contributed by atoms with Crippen LogP contribution in [0.5, 0.6) is 17.2 Å². The number of pyridine rings is 1. The van der Waals surface area contributed by atoms with Crippen LogP contribution >= 0.6 is 11.6 Å². The zero-order valence-corrected chi connectivity index (χ0v) is 17.2. The molecule has 1 aliphatic rings. The van der Waals surface area contributed by atoms with Crippen molar-refractivity contribution in [2.24, 2.45) is 5.92 Å². The summed E-state index contributed by atoms with van der Waals surface area (Å²) in [6.45, 7) is 2.45. The number of hydrogen-bond donors (Lipinski definition) is 0. The van der Waals surface area contributed by atoms with Crippen LogP contribution in [0, 0.1) is 5.92 Å². The number of benzene rings is 1.